The predicted molar refractivity (Wildman–Crippen MR) is 79.7 cm³/mol. The van der Waals surface area contributed by atoms with Gasteiger partial charge in [-0.3, -0.25) is 10.1 Å². The first kappa shape index (κ1) is 17.2. The fourth-order valence-corrected chi connectivity index (χ4v) is 1.77. The molecule has 112 valence electrons. The Hall–Kier alpha value is -1.89. The van der Waals surface area contributed by atoms with Crippen LogP contribution < -0.4 is 10.5 Å². The molecule has 0 radical (unpaired) electrons. The van der Waals surface area contributed by atoms with Crippen molar-refractivity contribution in [2.24, 2.45) is 5.73 Å². The maximum Gasteiger partial charge on any atom is 0.271 e. The van der Waals surface area contributed by atoms with Crippen molar-refractivity contribution >= 4 is 29.7 Å². The van der Waals surface area contributed by atoms with E-state index in [-0.39, 0.29) is 41.2 Å². The van der Waals surface area contributed by atoms with Gasteiger partial charge in [-0.25, -0.2) is 4.39 Å². The number of halogens is 3. The first-order valence-corrected chi connectivity index (χ1v) is 5.99. The van der Waals surface area contributed by atoms with Gasteiger partial charge in [-0.15, -0.1) is 12.4 Å². The molecule has 8 heteroatoms. The Balaban J connectivity index is 0.00000220. The number of hydrogen-bond acceptors (Lipinski definition) is 4. The Morgan fingerprint density at radius 2 is 1.90 bits per heavy atom. The fourth-order valence-electron chi connectivity index (χ4n) is 1.56. The highest BCUT2D eigenvalue weighted by Gasteiger charge is 2.12. The average Bonchev–Trinajstić information content (AvgIpc) is 2.42. The van der Waals surface area contributed by atoms with Crippen LogP contribution in [0, 0.1) is 15.9 Å². The van der Waals surface area contributed by atoms with Gasteiger partial charge in [-0.05, 0) is 23.8 Å². The lowest BCUT2D eigenvalue weighted by Gasteiger charge is -2.09. The summed E-state index contributed by atoms with van der Waals surface area (Å²) in [5.41, 5.74) is 5.86. The van der Waals surface area contributed by atoms with E-state index in [0.29, 0.717) is 5.56 Å². The van der Waals surface area contributed by atoms with E-state index in [9.17, 15) is 14.5 Å². The minimum Gasteiger partial charge on any atom is -0.453 e. The Kier molecular flexibility index (Phi) is 5.90. The minimum atomic E-state index is -0.581. The van der Waals surface area contributed by atoms with Crippen molar-refractivity contribution in [1.29, 1.82) is 0 Å². The molecule has 0 amide bonds. The van der Waals surface area contributed by atoms with Crippen LogP contribution in [0.5, 0.6) is 11.5 Å². The predicted octanol–water partition coefficient (Wildman–Crippen LogP) is 4.06. The van der Waals surface area contributed by atoms with E-state index in [1.807, 2.05) is 0 Å². The summed E-state index contributed by atoms with van der Waals surface area (Å²) in [7, 11) is 0. The van der Waals surface area contributed by atoms with E-state index in [0.717, 1.165) is 6.07 Å². The van der Waals surface area contributed by atoms with E-state index in [1.165, 1.54) is 24.3 Å². The Morgan fingerprint density at radius 1 is 1.24 bits per heavy atom. The van der Waals surface area contributed by atoms with Crippen molar-refractivity contribution < 1.29 is 14.1 Å². The summed E-state index contributed by atoms with van der Waals surface area (Å²) in [4.78, 5) is 10.0. The van der Waals surface area contributed by atoms with Gasteiger partial charge >= 0.3 is 0 Å². The molecule has 0 heterocycles. The number of non-ortho nitro benzene ring substituents is 1. The van der Waals surface area contributed by atoms with Crippen molar-refractivity contribution in [1.82, 2.24) is 0 Å². The molecule has 21 heavy (non-hydrogen) atoms. The molecule has 2 rings (SSSR count). The van der Waals surface area contributed by atoms with Crippen LogP contribution >= 0.6 is 24.0 Å². The molecule has 0 bridgehead atoms. The largest absolute Gasteiger partial charge is 0.453 e. The summed E-state index contributed by atoms with van der Waals surface area (Å²) in [6.07, 6.45) is 0. The second kappa shape index (κ2) is 7.21. The summed E-state index contributed by atoms with van der Waals surface area (Å²) < 4.78 is 19.0. The van der Waals surface area contributed by atoms with Crippen LogP contribution in [0.4, 0.5) is 10.1 Å². The molecular formula is C13H11Cl2FN2O3. The van der Waals surface area contributed by atoms with Crippen molar-refractivity contribution in [3.8, 4) is 11.5 Å². The molecular weight excluding hydrogens is 322 g/mol. The number of benzene rings is 2. The second-order valence-electron chi connectivity index (χ2n) is 3.94. The summed E-state index contributed by atoms with van der Waals surface area (Å²) >= 11 is 5.86. The van der Waals surface area contributed by atoms with Gasteiger partial charge in [0.1, 0.15) is 5.75 Å². The Morgan fingerprint density at radius 3 is 2.43 bits per heavy atom. The van der Waals surface area contributed by atoms with Gasteiger partial charge in [-0.2, -0.15) is 0 Å². The average molecular weight is 333 g/mol. The molecule has 2 aromatic carbocycles. The van der Waals surface area contributed by atoms with E-state index < -0.39 is 10.7 Å². The molecule has 0 aromatic heterocycles. The summed E-state index contributed by atoms with van der Waals surface area (Å²) in [6.45, 7) is 0.218. The zero-order valence-electron chi connectivity index (χ0n) is 10.6. The number of ether oxygens (including phenoxy) is 1. The second-order valence-corrected chi connectivity index (χ2v) is 4.35. The lowest BCUT2D eigenvalue weighted by molar-refractivity contribution is -0.384. The molecule has 0 aliphatic carbocycles. The molecule has 0 aliphatic rings. The minimum absolute atomic E-state index is 0. The third-order valence-electron chi connectivity index (χ3n) is 2.58. The summed E-state index contributed by atoms with van der Waals surface area (Å²) in [6, 6.07) is 7.99. The number of rotatable bonds is 4. The third-order valence-corrected chi connectivity index (χ3v) is 2.87. The first-order valence-electron chi connectivity index (χ1n) is 5.61. The van der Waals surface area contributed by atoms with E-state index in [2.05, 4.69) is 0 Å². The molecule has 0 spiro atoms. The van der Waals surface area contributed by atoms with Crippen LogP contribution in [0.25, 0.3) is 0 Å². The molecule has 0 unspecified atom stereocenters. The number of nitrogens with zero attached hydrogens (tertiary/aromatic N) is 1. The number of nitrogens with two attached hydrogens (primary N) is 1. The molecule has 5 nitrogen and oxygen atoms in total. The molecule has 0 aliphatic heterocycles. The fraction of sp³-hybridized carbons (Fsp3) is 0.0769. The molecule has 2 aromatic rings. The van der Waals surface area contributed by atoms with Crippen LogP contribution in [0.1, 0.15) is 5.56 Å². The van der Waals surface area contributed by atoms with Crippen LogP contribution in [0.3, 0.4) is 0 Å². The molecule has 2 N–H and O–H groups in total. The lowest BCUT2D eigenvalue weighted by Crippen LogP contribution is -1.98. The standard InChI is InChI=1S/C13H10ClFN2O3.ClH/c14-10-6-9(17(18)19)2-4-12(10)20-13-3-1-8(7-16)5-11(13)15;/h1-6H,7,16H2;1H. The summed E-state index contributed by atoms with van der Waals surface area (Å²) in [5.74, 6) is -0.475. The van der Waals surface area contributed by atoms with E-state index in [4.69, 9.17) is 22.1 Å². The topological polar surface area (TPSA) is 78.4 Å². The highest BCUT2D eigenvalue weighted by molar-refractivity contribution is 6.32. The van der Waals surface area contributed by atoms with Gasteiger partial charge in [0.25, 0.3) is 5.69 Å². The maximum atomic E-state index is 13.7. The van der Waals surface area contributed by atoms with Crippen molar-refractivity contribution in [3.63, 3.8) is 0 Å². The van der Waals surface area contributed by atoms with E-state index >= 15 is 0 Å². The van der Waals surface area contributed by atoms with Crippen molar-refractivity contribution in [2.45, 2.75) is 6.54 Å². The molecule has 0 saturated heterocycles. The number of nitro groups is 1. The molecule has 0 atom stereocenters. The van der Waals surface area contributed by atoms with Crippen LogP contribution in [0.15, 0.2) is 36.4 Å². The quantitative estimate of drug-likeness (QED) is 0.676. The first-order chi connectivity index (χ1) is 9.51. The van der Waals surface area contributed by atoms with Crippen LogP contribution in [-0.2, 0) is 6.54 Å². The number of hydrogen-bond donors (Lipinski definition) is 1. The summed E-state index contributed by atoms with van der Waals surface area (Å²) in [5, 5.41) is 10.6. The highest BCUT2D eigenvalue weighted by Crippen LogP contribution is 2.33. The van der Waals surface area contributed by atoms with Gasteiger partial charge in [0.15, 0.2) is 11.6 Å². The van der Waals surface area contributed by atoms with Gasteiger partial charge < -0.3 is 10.5 Å². The third kappa shape index (κ3) is 4.04. The Bertz CT molecular complexity index is 668. The maximum absolute atomic E-state index is 13.7. The van der Waals surface area contributed by atoms with Crippen LogP contribution in [0.2, 0.25) is 5.02 Å². The highest BCUT2D eigenvalue weighted by atomic mass is 35.5. The monoisotopic (exact) mass is 332 g/mol. The smallest absolute Gasteiger partial charge is 0.271 e. The van der Waals surface area contributed by atoms with Gasteiger partial charge in [0.05, 0.1) is 9.95 Å². The van der Waals surface area contributed by atoms with Gasteiger partial charge in [0, 0.05) is 18.7 Å². The van der Waals surface area contributed by atoms with Gasteiger partial charge in [0.2, 0.25) is 0 Å². The van der Waals surface area contributed by atoms with E-state index in [1.54, 1.807) is 6.07 Å². The SMILES string of the molecule is Cl.NCc1ccc(Oc2ccc([N+](=O)[O-])cc2Cl)c(F)c1. The van der Waals surface area contributed by atoms with Crippen molar-refractivity contribution in [3.05, 3.63) is 62.9 Å². The zero-order chi connectivity index (χ0) is 14.7. The van der Waals surface area contributed by atoms with Crippen molar-refractivity contribution in [2.75, 3.05) is 0 Å². The molecule has 0 saturated carbocycles. The zero-order valence-corrected chi connectivity index (χ0v) is 12.2. The Labute approximate surface area is 131 Å². The normalized spacial score (nSPS) is 9.86. The molecule has 0 fully saturated rings. The number of nitro benzene ring substituents is 1. The lowest BCUT2D eigenvalue weighted by atomic mass is 10.2. The van der Waals surface area contributed by atoms with Crippen LogP contribution in [-0.4, -0.2) is 4.92 Å². The van der Waals surface area contributed by atoms with Gasteiger partial charge in [-0.1, -0.05) is 17.7 Å².